The van der Waals surface area contributed by atoms with E-state index in [9.17, 15) is 14.0 Å². The van der Waals surface area contributed by atoms with Crippen LogP contribution in [-0.2, 0) is 11.2 Å². The molecule has 4 aromatic rings. The highest BCUT2D eigenvalue weighted by Gasteiger charge is 2.15. The van der Waals surface area contributed by atoms with Crippen LogP contribution in [0.2, 0.25) is 0 Å². The minimum atomic E-state index is -0.272. The molecule has 0 radical (unpaired) electrons. The van der Waals surface area contributed by atoms with Crippen molar-refractivity contribution in [2.75, 3.05) is 12.3 Å². The summed E-state index contributed by atoms with van der Waals surface area (Å²) in [6.07, 6.45) is 2.21. The summed E-state index contributed by atoms with van der Waals surface area (Å²) in [5, 5.41) is 3.52. The van der Waals surface area contributed by atoms with Crippen molar-refractivity contribution < 1.29 is 14.0 Å². The topological polar surface area (TPSA) is 72.0 Å². The van der Waals surface area contributed by atoms with Crippen molar-refractivity contribution in [1.82, 2.24) is 15.3 Å². The van der Waals surface area contributed by atoms with Gasteiger partial charge >= 0.3 is 0 Å². The molecule has 0 atom stereocenters. The standard InChI is InChI=1S/C22H18FN3O2S3/c1-13(27)24-9-8-16-6-7-19(30-16)18(28)11-29-22-21-17(25-12-26-22)10-20(31-21)14-2-4-15(23)5-3-14/h2-7,10,12H,8-9,11H2,1H3,(H,24,27). The summed E-state index contributed by atoms with van der Waals surface area (Å²) >= 11 is 4.39. The number of ketones is 1. The number of aromatic nitrogens is 2. The first-order valence-corrected chi connectivity index (χ1v) is 12.1. The second-order valence-electron chi connectivity index (χ2n) is 6.72. The number of amides is 1. The maximum Gasteiger partial charge on any atom is 0.216 e. The molecule has 0 unspecified atom stereocenters. The number of halogens is 1. The van der Waals surface area contributed by atoms with Gasteiger partial charge in [-0.3, -0.25) is 9.59 Å². The second kappa shape index (κ2) is 9.67. The molecule has 3 aromatic heterocycles. The largest absolute Gasteiger partial charge is 0.356 e. The first-order chi connectivity index (χ1) is 15.0. The zero-order valence-corrected chi connectivity index (χ0v) is 19.0. The predicted molar refractivity (Wildman–Crippen MR) is 125 cm³/mol. The Morgan fingerprint density at radius 3 is 2.68 bits per heavy atom. The van der Waals surface area contributed by atoms with Crippen molar-refractivity contribution in [1.29, 1.82) is 0 Å². The number of benzene rings is 1. The van der Waals surface area contributed by atoms with E-state index in [2.05, 4.69) is 15.3 Å². The van der Waals surface area contributed by atoms with E-state index in [-0.39, 0.29) is 23.3 Å². The lowest BCUT2D eigenvalue weighted by atomic mass is 10.2. The molecule has 0 aliphatic heterocycles. The summed E-state index contributed by atoms with van der Waals surface area (Å²) in [6, 6.07) is 12.1. The molecule has 158 valence electrons. The molecular formula is C22H18FN3O2S3. The molecule has 31 heavy (non-hydrogen) atoms. The van der Waals surface area contributed by atoms with E-state index in [0.29, 0.717) is 17.8 Å². The first kappa shape index (κ1) is 21.6. The molecule has 0 aliphatic rings. The van der Waals surface area contributed by atoms with Crippen LogP contribution in [0.1, 0.15) is 21.5 Å². The molecule has 1 amide bonds. The summed E-state index contributed by atoms with van der Waals surface area (Å²) in [6.45, 7) is 2.05. The minimum absolute atomic E-state index is 0.0443. The Hall–Kier alpha value is -2.62. The molecule has 5 nitrogen and oxygen atoms in total. The number of thiophene rings is 2. The van der Waals surface area contributed by atoms with E-state index in [1.807, 2.05) is 18.2 Å². The lowest BCUT2D eigenvalue weighted by Crippen LogP contribution is -2.22. The number of nitrogens with one attached hydrogen (secondary N) is 1. The van der Waals surface area contributed by atoms with Crippen LogP contribution in [0.4, 0.5) is 4.39 Å². The highest BCUT2D eigenvalue weighted by atomic mass is 32.2. The smallest absolute Gasteiger partial charge is 0.216 e. The van der Waals surface area contributed by atoms with Crippen molar-refractivity contribution in [2.24, 2.45) is 0 Å². The minimum Gasteiger partial charge on any atom is -0.356 e. The molecule has 0 saturated heterocycles. The second-order valence-corrected chi connectivity index (χ2v) is 9.91. The summed E-state index contributed by atoms with van der Waals surface area (Å²) in [4.78, 5) is 35.1. The van der Waals surface area contributed by atoms with Gasteiger partial charge in [0.2, 0.25) is 5.91 Å². The number of fused-ring (bicyclic) bond motifs is 1. The van der Waals surface area contributed by atoms with Gasteiger partial charge in [0.05, 0.1) is 20.8 Å². The molecule has 3 heterocycles. The van der Waals surface area contributed by atoms with Crippen LogP contribution >= 0.6 is 34.4 Å². The van der Waals surface area contributed by atoms with E-state index >= 15 is 0 Å². The van der Waals surface area contributed by atoms with Gasteiger partial charge in [0.25, 0.3) is 0 Å². The number of carbonyl (C=O) groups excluding carboxylic acids is 2. The van der Waals surface area contributed by atoms with Gasteiger partial charge in [-0.1, -0.05) is 23.9 Å². The van der Waals surface area contributed by atoms with Crippen LogP contribution in [0.3, 0.4) is 0 Å². The Labute approximate surface area is 190 Å². The van der Waals surface area contributed by atoms with Crippen molar-refractivity contribution in [3.63, 3.8) is 0 Å². The molecule has 1 N–H and O–H groups in total. The first-order valence-electron chi connectivity index (χ1n) is 9.49. The summed E-state index contributed by atoms with van der Waals surface area (Å²) in [7, 11) is 0. The van der Waals surface area contributed by atoms with Crippen LogP contribution in [0.25, 0.3) is 20.7 Å². The highest BCUT2D eigenvalue weighted by molar-refractivity contribution is 8.00. The van der Waals surface area contributed by atoms with Gasteiger partial charge in [-0.15, -0.1) is 22.7 Å². The number of rotatable bonds is 8. The zero-order valence-electron chi connectivity index (χ0n) is 16.6. The van der Waals surface area contributed by atoms with Gasteiger partial charge in [-0.05, 0) is 42.3 Å². The van der Waals surface area contributed by atoms with Crippen LogP contribution in [-0.4, -0.2) is 34.0 Å². The van der Waals surface area contributed by atoms with Gasteiger partial charge in [-0.25, -0.2) is 14.4 Å². The fourth-order valence-electron chi connectivity index (χ4n) is 2.92. The third-order valence-electron chi connectivity index (χ3n) is 4.43. The van der Waals surface area contributed by atoms with E-state index in [0.717, 1.165) is 30.6 Å². The van der Waals surface area contributed by atoms with Gasteiger partial charge in [0.1, 0.15) is 17.2 Å². The Kier molecular flexibility index (Phi) is 6.74. The molecule has 0 spiro atoms. The quantitative estimate of drug-likeness (QED) is 0.217. The fraction of sp³-hybridized carbons (Fsp3) is 0.182. The number of thioether (sulfide) groups is 1. The lowest BCUT2D eigenvalue weighted by Gasteiger charge is -2.01. The zero-order chi connectivity index (χ0) is 21.8. The summed E-state index contributed by atoms with van der Waals surface area (Å²) < 4.78 is 14.1. The Morgan fingerprint density at radius 2 is 1.90 bits per heavy atom. The maximum atomic E-state index is 13.2. The number of hydrogen-bond donors (Lipinski definition) is 1. The Morgan fingerprint density at radius 1 is 1.10 bits per heavy atom. The highest BCUT2D eigenvalue weighted by Crippen LogP contribution is 2.37. The fourth-order valence-corrected chi connectivity index (χ4v) is 6.04. The molecule has 9 heteroatoms. The van der Waals surface area contributed by atoms with Crippen LogP contribution in [0.5, 0.6) is 0 Å². The Bertz CT molecular complexity index is 1230. The summed E-state index contributed by atoms with van der Waals surface area (Å²) in [5.74, 6) is -0.00708. The van der Waals surface area contributed by atoms with Crippen LogP contribution in [0, 0.1) is 5.82 Å². The molecule has 4 rings (SSSR count). The van der Waals surface area contributed by atoms with E-state index in [1.165, 1.54) is 59.8 Å². The predicted octanol–water partition coefficient (Wildman–Crippen LogP) is 5.21. The third-order valence-corrected chi connectivity index (χ3v) is 7.91. The van der Waals surface area contributed by atoms with E-state index in [4.69, 9.17) is 0 Å². The van der Waals surface area contributed by atoms with Crippen molar-refractivity contribution in [3.05, 3.63) is 64.4 Å². The molecule has 0 aliphatic carbocycles. The van der Waals surface area contributed by atoms with E-state index < -0.39 is 0 Å². The van der Waals surface area contributed by atoms with Gasteiger partial charge in [-0.2, -0.15) is 0 Å². The number of hydrogen-bond acceptors (Lipinski definition) is 7. The van der Waals surface area contributed by atoms with Gasteiger partial charge in [0, 0.05) is 23.2 Å². The van der Waals surface area contributed by atoms with Gasteiger partial charge in [0.15, 0.2) is 5.78 Å². The molecule has 0 fully saturated rings. The van der Waals surface area contributed by atoms with Crippen LogP contribution in [0.15, 0.2) is 53.8 Å². The van der Waals surface area contributed by atoms with E-state index in [1.54, 1.807) is 12.1 Å². The number of carbonyl (C=O) groups is 2. The van der Waals surface area contributed by atoms with Crippen molar-refractivity contribution in [2.45, 2.75) is 18.4 Å². The SMILES string of the molecule is CC(=O)NCCc1ccc(C(=O)CSc2ncnc3cc(-c4ccc(F)cc4)sc23)s1. The Balaban J connectivity index is 1.44. The van der Waals surface area contributed by atoms with Crippen LogP contribution < -0.4 is 5.32 Å². The average Bonchev–Trinajstić information content (AvgIpc) is 3.40. The van der Waals surface area contributed by atoms with Crippen molar-refractivity contribution >= 4 is 56.3 Å². The number of nitrogens with zero attached hydrogens (tertiary/aromatic N) is 2. The molecule has 1 aromatic carbocycles. The lowest BCUT2D eigenvalue weighted by molar-refractivity contribution is -0.118. The van der Waals surface area contributed by atoms with Gasteiger partial charge < -0.3 is 5.32 Å². The monoisotopic (exact) mass is 471 g/mol. The average molecular weight is 472 g/mol. The molecular weight excluding hydrogens is 453 g/mol. The normalized spacial score (nSPS) is 11.0. The van der Waals surface area contributed by atoms with Crippen molar-refractivity contribution in [3.8, 4) is 10.4 Å². The third kappa shape index (κ3) is 5.36. The summed E-state index contributed by atoms with van der Waals surface area (Å²) in [5.41, 5.74) is 1.73. The number of Topliss-reactive ketones (excluding diaryl/α,β-unsaturated/α-hetero) is 1. The molecule has 0 bridgehead atoms. The maximum absolute atomic E-state index is 13.2. The molecule has 0 saturated carbocycles.